The number of nitrogens with two attached hydrogens (primary N) is 1. The minimum Gasteiger partial charge on any atom is -0.443 e. The Hall–Kier alpha value is -3.88. The molecule has 9 heteroatoms. The van der Waals surface area contributed by atoms with Crippen molar-refractivity contribution < 1.29 is 19.1 Å². The van der Waals surface area contributed by atoms with Crippen molar-refractivity contribution in [3.05, 3.63) is 58.0 Å². The number of fused-ring (bicyclic) bond motifs is 2. The standard InChI is InChI=1S/C20H18N4O5/c1-20(2,3)29-19(28)23-8-7-10-12(23)5-4-6-13(10)24-14(25)9-11-15(16(24)21)18(27)22-17(11)26/h4-9H,21H2,1-3H3,(H,22,26,27). The number of amides is 2. The Morgan fingerprint density at radius 2 is 1.83 bits per heavy atom. The molecule has 2 amide bonds. The third-order valence-electron chi connectivity index (χ3n) is 4.49. The van der Waals surface area contributed by atoms with E-state index in [-0.39, 0.29) is 16.9 Å². The van der Waals surface area contributed by atoms with Gasteiger partial charge in [-0.25, -0.2) is 4.79 Å². The second kappa shape index (κ2) is 6.06. The Kier molecular flexibility index (Phi) is 3.86. The van der Waals surface area contributed by atoms with Crippen LogP contribution in [0.3, 0.4) is 0 Å². The van der Waals surface area contributed by atoms with E-state index in [1.807, 2.05) is 0 Å². The lowest BCUT2D eigenvalue weighted by Crippen LogP contribution is -2.26. The molecule has 0 saturated heterocycles. The second-order valence-electron chi connectivity index (χ2n) is 7.65. The van der Waals surface area contributed by atoms with Crippen molar-refractivity contribution in [1.29, 1.82) is 0 Å². The third kappa shape index (κ3) is 2.87. The SMILES string of the molecule is CC(C)(C)OC(=O)n1ccc2c(-n3c(N)c4c(cc3=O)C(=O)NC4=O)cccc21. The van der Waals surface area contributed by atoms with Crippen molar-refractivity contribution in [1.82, 2.24) is 14.5 Å². The van der Waals surface area contributed by atoms with Gasteiger partial charge in [0.1, 0.15) is 11.4 Å². The summed E-state index contributed by atoms with van der Waals surface area (Å²) in [4.78, 5) is 49.2. The Labute approximate surface area is 164 Å². The number of nitrogen functional groups attached to an aromatic ring is 1. The van der Waals surface area contributed by atoms with Crippen LogP contribution in [0, 0.1) is 0 Å². The Balaban J connectivity index is 1.93. The molecule has 0 spiro atoms. The molecule has 0 aliphatic carbocycles. The summed E-state index contributed by atoms with van der Waals surface area (Å²) in [7, 11) is 0. The summed E-state index contributed by atoms with van der Waals surface area (Å²) in [5, 5.41) is 2.68. The molecule has 0 fully saturated rings. The van der Waals surface area contributed by atoms with Crippen LogP contribution < -0.4 is 16.6 Å². The van der Waals surface area contributed by atoms with E-state index in [1.165, 1.54) is 10.8 Å². The number of rotatable bonds is 1. The topological polar surface area (TPSA) is 125 Å². The fourth-order valence-electron chi connectivity index (χ4n) is 3.34. The van der Waals surface area contributed by atoms with E-state index in [2.05, 4.69) is 5.32 Å². The van der Waals surface area contributed by atoms with Gasteiger partial charge in [0, 0.05) is 17.6 Å². The Morgan fingerprint density at radius 3 is 2.52 bits per heavy atom. The number of nitrogens with one attached hydrogen (secondary N) is 1. The normalized spacial score (nSPS) is 13.5. The summed E-state index contributed by atoms with van der Waals surface area (Å²) in [6.07, 6.45) is 0.969. The Bertz CT molecular complexity index is 1280. The number of ether oxygens (including phenoxy) is 1. The molecule has 3 heterocycles. The van der Waals surface area contributed by atoms with E-state index in [4.69, 9.17) is 10.5 Å². The van der Waals surface area contributed by atoms with Crippen LogP contribution in [0.5, 0.6) is 0 Å². The predicted octanol–water partition coefficient (Wildman–Crippen LogP) is 2.04. The quantitative estimate of drug-likeness (QED) is 0.609. The lowest BCUT2D eigenvalue weighted by molar-refractivity contribution is 0.0544. The van der Waals surface area contributed by atoms with Gasteiger partial charge in [-0.05, 0) is 39.0 Å². The molecule has 9 nitrogen and oxygen atoms in total. The molecule has 3 N–H and O–H groups in total. The fraction of sp³-hybridized carbons (Fsp3) is 0.200. The lowest BCUT2D eigenvalue weighted by Gasteiger charge is -2.20. The van der Waals surface area contributed by atoms with E-state index in [0.29, 0.717) is 16.6 Å². The van der Waals surface area contributed by atoms with Crippen molar-refractivity contribution in [2.24, 2.45) is 0 Å². The number of benzene rings is 1. The van der Waals surface area contributed by atoms with E-state index in [0.717, 1.165) is 10.6 Å². The van der Waals surface area contributed by atoms with Crippen LogP contribution in [0.4, 0.5) is 10.6 Å². The van der Waals surface area contributed by atoms with Crippen LogP contribution >= 0.6 is 0 Å². The molecule has 3 aromatic rings. The first kappa shape index (κ1) is 18.5. The summed E-state index contributed by atoms with van der Waals surface area (Å²) in [6, 6.07) is 7.73. The van der Waals surface area contributed by atoms with E-state index < -0.39 is 29.1 Å². The van der Waals surface area contributed by atoms with Gasteiger partial charge in [0.25, 0.3) is 17.4 Å². The molecule has 1 aliphatic rings. The van der Waals surface area contributed by atoms with E-state index in [9.17, 15) is 19.2 Å². The van der Waals surface area contributed by atoms with Crippen molar-refractivity contribution in [2.45, 2.75) is 26.4 Å². The van der Waals surface area contributed by atoms with Gasteiger partial charge in [0.05, 0.1) is 22.3 Å². The first-order valence-electron chi connectivity index (χ1n) is 8.83. The maximum atomic E-state index is 12.7. The number of carbonyl (C=O) groups excluding carboxylic acids is 3. The molecular formula is C20H18N4O5. The summed E-state index contributed by atoms with van der Waals surface area (Å²) in [5.41, 5.74) is 5.66. The molecule has 0 bridgehead atoms. The molecule has 0 atom stereocenters. The van der Waals surface area contributed by atoms with Crippen molar-refractivity contribution >= 4 is 34.6 Å². The van der Waals surface area contributed by atoms with Crippen LogP contribution in [0.1, 0.15) is 41.5 Å². The number of carbonyl (C=O) groups is 3. The zero-order chi connectivity index (χ0) is 21.1. The van der Waals surface area contributed by atoms with Crippen molar-refractivity contribution in [2.75, 3.05) is 5.73 Å². The summed E-state index contributed by atoms with van der Waals surface area (Å²) in [5.74, 6) is -1.46. The van der Waals surface area contributed by atoms with Crippen LogP contribution in [0.25, 0.3) is 16.6 Å². The van der Waals surface area contributed by atoms with Gasteiger partial charge in [-0.1, -0.05) is 6.07 Å². The van der Waals surface area contributed by atoms with Crippen LogP contribution in [-0.4, -0.2) is 32.6 Å². The Morgan fingerprint density at radius 1 is 1.10 bits per heavy atom. The van der Waals surface area contributed by atoms with Crippen molar-refractivity contribution in [3.63, 3.8) is 0 Å². The smallest absolute Gasteiger partial charge is 0.418 e. The average Bonchev–Trinajstić information content (AvgIpc) is 3.15. The predicted molar refractivity (Wildman–Crippen MR) is 105 cm³/mol. The maximum absolute atomic E-state index is 12.7. The summed E-state index contributed by atoms with van der Waals surface area (Å²) >= 11 is 0. The highest BCUT2D eigenvalue weighted by Gasteiger charge is 2.32. The minimum atomic E-state index is -0.674. The first-order valence-corrected chi connectivity index (χ1v) is 8.83. The van der Waals surface area contributed by atoms with Crippen molar-refractivity contribution in [3.8, 4) is 5.69 Å². The molecule has 0 unspecified atom stereocenters. The van der Waals surface area contributed by atoms with Gasteiger partial charge in [0.2, 0.25) is 0 Å². The number of nitrogens with zero attached hydrogens (tertiary/aromatic N) is 2. The molecule has 29 heavy (non-hydrogen) atoms. The number of pyridine rings is 1. The largest absolute Gasteiger partial charge is 0.443 e. The lowest BCUT2D eigenvalue weighted by atomic mass is 10.1. The molecule has 1 aliphatic heterocycles. The molecule has 148 valence electrons. The molecule has 1 aromatic carbocycles. The number of anilines is 1. The molecule has 2 aromatic heterocycles. The monoisotopic (exact) mass is 394 g/mol. The summed E-state index contributed by atoms with van der Waals surface area (Å²) < 4.78 is 7.89. The number of aromatic nitrogens is 2. The highest BCUT2D eigenvalue weighted by atomic mass is 16.6. The van der Waals surface area contributed by atoms with Gasteiger partial charge in [-0.3, -0.25) is 28.8 Å². The zero-order valence-corrected chi connectivity index (χ0v) is 16.0. The molecule has 0 radical (unpaired) electrons. The molecule has 4 rings (SSSR count). The van der Waals surface area contributed by atoms with Gasteiger partial charge < -0.3 is 10.5 Å². The van der Waals surface area contributed by atoms with Crippen LogP contribution in [-0.2, 0) is 4.74 Å². The third-order valence-corrected chi connectivity index (χ3v) is 4.49. The minimum absolute atomic E-state index is 0.0434. The number of hydrogen-bond donors (Lipinski definition) is 2. The number of hydrogen-bond acceptors (Lipinski definition) is 6. The highest BCUT2D eigenvalue weighted by Crippen LogP contribution is 2.28. The molecular weight excluding hydrogens is 376 g/mol. The van der Waals surface area contributed by atoms with Gasteiger partial charge in [0.15, 0.2) is 0 Å². The van der Waals surface area contributed by atoms with E-state index >= 15 is 0 Å². The average molecular weight is 394 g/mol. The van der Waals surface area contributed by atoms with Crippen LogP contribution in [0.15, 0.2) is 41.3 Å². The van der Waals surface area contributed by atoms with Gasteiger partial charge in [-0.2, -0.15) is 0 Å². The van der Waals surface area contributed by atoms with Crippen LogP contribution in [0.2, 0.25) is 0 Å². The second-order valence-corrected chi connectivity index (χ2v) is 7.65. The maximum Gasteiger partial charge on any atom is 0.418 e. The zero-order valence-electron chi connectivity index (χ0n) is 16.0. The fourth-order valence-corrected chi connectivity index (χ4v) is 3.34. The summed E-state index contributed by atoms with van der Waals surface area (Å²) in [6.45, 7) is 5.29. The number of imide groups is 1. The first-order chi connectivity index (χ1) is 13.6. The van der Waals surface area contributed by atoms with E-state index in [1.54, 1.807) is 45.0 Å². The molecule has 0 saturated carbocycles. The highest BCUT2D eigenvalue weighted by molar-refractivity contribution is 6.23. The van der Waals surface area contributed by atoms with Gasteiger partial charge >= 0.3 is 6.09 Å². The van der Waals surface area contributed by atoms with Gasteiger partial charge in [-0.15, -0.1) is 0 Å².